The number of esters is 1. The number of ether oxygens (including phenoxy) is 1. The van der Waals surface area contributed by atoms with E-state index in [0.717, 1.165) is 17.5 Å². The summed E-state index contributed by atoms with van der Waals surface area (Å²) in [5.41, 5.74) is 2.56. The smallest absolute Gasteiger partial charge is 0.355 e. The highest BCUT2D eigenvalue weighted by atomic mass is 16.5. The third-order valence-electron chi connectivity index (χ3n) is 2.89. The lowest BCUT2D eigenvalue weighted by molar-refractivity contribution is -0.118. The summed E-state index contributed by atoms with van der Waals surface area (Å²) in [6.45, 7) is 2.15. The van der Waals surface area contributed by atoms with Crippen molar-refractivity contribution in [3.05, 3.63) is 23.0 Å². The third kappa shape index (κ3) is 2.01. The molecule has 1 aliphatic rings. The van der Waals surface area contributed by atoms with E-state index < -0.39 is 0 Å². The van der Waals surface area contributed by atoms with Crippen molar-refractivity contribution in [3.63, 3.8) is 0 Å². The molecule has 2 rings (SSSR count). The van der Waals surface area contributed by atoms with Gasteiger partial charge in [0.05, 0.1) is 6.61 Å². The normalized spacial score (nSPS) is 15.4. The SMILES string of the molecule is CCOC(=O)c1[nH]cc2c1CCC(=O)CC2. The van der Waals surface area contributed by atoms with Crippen LogP contribution in [0.5, 0.6) is 0 Å². The van der Waals surface area contributed by atoms with E-state index in [1.807, 2.05) is 6.20 Å². The summed E-state index contributed by atoms with van der Waals surface area (Å²) in [6.07, 6.45) is 4.29. The summed E-state index contributed by atoms with van der Waals surface area (Å²) in [5.74, 6) is -0.0518. The summed E-state index contributed by atoms with van der Waals surface area (Å²) in [7, 11) is 0. The van der Waals surface area contributed by atoms with E-state index in [1.54, 1.807) is 6.92 Å². The minimum absolute atomic E-state index is 0.269. The van der Waals surface area contributed by atoms with Crippen molar-refractivity contribution < 1.29 is 14.3 Å². The Labute approximate surface area is 94.0 Å². The van der Waals surface area contributed by atoms with Crippen LogP contribution in [-0.2, 0) is 22.4 Å². The van der Waals surface area contributed by atoms with Crippen LogP contribution >= 0.6 is 0 Å². The second-order valence-corrected chi connectivity index (χ2v) is 3.93. The van der Waals surface area contributed by atoms with Gasteiger partial charge >= 0.3 is 5.97 Å². The van der Waals surface area contributed by atoms with Gasteiger partial charge in [0.1, 0.15) is 11.5 Å². The van der Waals surface area contributed by atoms with Crippen molar-refractivity contribution >= 4 is 11.8 Å². The number of rotatable bonds is 2. The van der Waals surface area contributed by atoms with Gasteiger partial charge in [-0.3, -0.25) is 4.79 Å². The third-order valence-corrected chi connectivity index (χ3v) is 2.89. The summed E-state index contributed by atoms with van der Waals surface area (Å²) in [5, 5.41) is 0. The zero-order valence-corrected chi connectivity index (χ0v) is 9.34. The van der Waals surface area contributed by atoms with E-state index in [1.165, 1.54) is 0 Å². The number of carbonyl (C=O) groups is 2. The van der Waals surface area contributed by atoms with Crippen LogP contribution in [0.15, 0.2) is 6.20 Å². The fourth-order valence-corrected chi connectivity index (χ4v) is 2.05. The lowest BCUT2D eigenvalue weighted by atomic mass is 10.1. The first-order chi connectivity index (χ1) is 7.72. The number of H-pyrrole nitrogens is 1. The van der Waals surface area contributed by atoms with E-state index in [9.17, 15) is 9.59 Å². The number of carbonyl (C=O) groups excluding carboxylic acids is 2. The van der Waals surface area contributed by atoms with Crippen LogP contribution in [0, 0.1) is 0 Å². The Bertz CT molecular complexity index is 420. The molecule has 1 heterocycles. The second-order valence-electron chi connectivity index (χ2n) is 3.93. The lowest BCUT2D eigenvalue weighted by Crippen LogP contribution is -2.08. The summed E-state index contributed by atoms with van der Waals surface area (Å²) in [4.78, 5) is 25.9. The number of aromatic amines is 1. The van der Waals surface area contributed by atoms with Gasteiger partial charge in [-0.25, -0.2) is 4.79 Å². The Morgan fingerprint density at radius 1 is 1.38 bits per heavy atom. The molecule has 0 unspecified atom stereocenters. The Balaban J connectivity index is 2.26. The van der Waals surface area contributed by atoms with Gasteiger partial charge in [0.15, 0.2) is 0 Å². The number of nitrogens with one attached hydrogen (secondary N) is 1. The predicted octanol–water partition coefficient (Wildman–Crippen LogP) is 1.64. The highest BCUT2D eigenvalue weighted by Crippen LogP contribution is 2.22. The van der Waals surface area contributed by atoms with E-state index in [2.05, 4.69) is 4.98 Å². The van der Waals surface area contributed by atoms with Crippen LogP contribution in [0.1, 0.15) is 41.4 Å². The topological polar surface area (TPSA) is 59.2 Å². The lowest BCUT2D eigenvalue weighted by Gasteiger charge is -2.03. The maximum Gasteiger partial charge on any atom is 0.355 e. The van der Waals surface area contributed by atoms with Crippen LogP contribution in [0.3, 0.4) is 0 Å². The van der Waals surface area contributed by atoms with Gasteiger partial charge in [0, 0.05) is 19.0 Å². The average molecular weight is 221 g/mol. The average Bonchev–Trinajstić information content (AvgIpc) is 2.58. The van der Waals surface area contributed by atoms with Crippen LogP contribution in [-0.4, -0.2) is 23.3 Å². The molecule has 0 fully saturated rings. The fourth-order valence-electron chi connectivity index (χ4n) is 2.05. The Morgan fingerprint density at radius 2 is 2.12 bits per heavy atom. The van der Waals surface area contributed by atoms with Gasteiger partial charge in [-0.05, 0) is 30.9 Å². The number of ketones is 1. The highest BCUT2D eigenvalue weighted by Gasteiger charge is 2.21. The molecule has 0 amide bonds. The molecular formula is C12H15NO3. The maximum atomic E-state index is 11.6. The minimum Gasteiger partial charge on any atom is -0.461 e. The first-order valence-electron chi connectivity index (χ1n) is 5.60. The summed E-state index contributed by atoms with van der Waals surface area (Å²) >= 11 is 0. The van der Waals surface area contributed by atoms with Crippen LogP contribution < -0.4 is 0 Å². The van der Waals surface area contributed by atoms with Crippen molar-refractivity contribution in [2.24, 2.45) is 0 Å². The second kappa shape index (κ2) is 4.51. The van der Waals surface area contributed by atoms with E-state index in [0.29, 0.717) is 31.6 Å². The Hall–Kier alpha value is -1.58. The van der Waals surface area contributed by atoms with Crippen molar-refractivity contribution in [1.29, 1.82) is 0 Å². The zero-order valence-electron chi connectivity index (χ0n) is 9.34. The molecule has 1 aromatic heterocycles. The van der Waals surface area contributed by atoms with Crippen molar-refractivity contribution in [3.8, 4) is 0 Å². The van der Waals surface area contributed by atoms with E-state index in [-0.39, 0.29) is 11.8 Å². The predicted molar refractivity (Wildman–Crippen MR) is 58.4 cm³/mol. The largest absolute Gasteiger partial charge is 0.461 e. The van der Waals surface area contributed by atoms with Crippen LogP contribution in [0.25, 0.3) is 0 Å². The molecule has 0 saturated carbocycles. The number of fused-ring (bicyclic) bond motifs is 1. The fraction of sp³-hybridized carbons (Fsp3) is 0.500. The number of aromatic nitrogens is 1. The van der Waals surface area contributed by atoms with Gasteiger partial charge in [-0.1, -0.05) is 0 Å². The Morgan fingerprint density at radius 3 is 2.88 bits per heavy atom. The highest BCUT2D eigenvalue weighted by molar-refractivity contribution is 5.90. The van der Waals surface area contributed by atoms with Crippen molar-refractivity contribution in [2.45, 2.75) is 32.6 Å². The molecule has 0 atom stereocenters. The molecular weight excluding hydrogens is 206 g/mol. The molecule has 0 aliphatic heterocycles. The maximum absolute atomic E-state index is 11.6. The molecule has 16 heavy (non-hydrogen) atoms. The van der Waals surface area contributed by atoms with E-state index >= 15 is 0 Å². The molecule has 1 aromatic rings. The quantitative estimate of drug-likeness (QED) is 0.610. The zero-order chi connectivity index (χ0) is 11.5. The molecule has 0 bridgehead atoms. The standard InChI is InChI=1S/C12H15NO3/c1-2-16-12(15)11-10-6-5-9(14)4-3-8(10)7-13-11/h7,13H,2-6H2,1H3. The number of hydrogen-bond acceptors (Lipinski definition) is 3. The van der Waals surface area contributed by atoms with Gasteiger partial charge in [0.25, 0.3) is 0 Å². The molecule has 4 heteroatoms. The van der Waals surface area contributed by atoms with Gasteiger partial charge in [-0.15, -0.1) is 0 Å². The van der Waals surface area contributed by atoms with Crippen LogP contribution in [0.4, 0.5) is 0 Å². The monoisotopic (exact) mass is 221 g/mol. The molecule has 0 spiro atoms. The van der Waals surface area contributed by atoms with Gasteiger partial charge in [-0.2, -0.15) is 0 Å². The molecule has 0 aromatic carbocycles. The molecule has 0 saturated heterocycles. The molecule has 1 aliphatic carbocycles. The van der Waals surface area contributed by atoms with Crippen molar-refractivity contribution in [1.82, 2.24) is 4.98 Å². The van der Waals surface area contributed by atoms with E-state index in [4.69, 9.17) is 4.74 Å². The molecule has 86 valence electrons. The number of Topliss-reactive ketones (excluding diaryl/α,β-unsaturated/α-hetero) is 1. The molecule has 4 nitrogen and oxygen atoms in total. The molecule has 0 radical (unpaired) electrons. The first kappa shape index (κ1) is 10.9. The Kier molecular flexibility index (Phi) is 3.08. The first-order valence-corrected chi connectivity index (χ1v) is 5.60. The molecule has 1 N–H and O–H groups in total. The van der Waals surface area contributed by atoms with Gasteiger partial charge in [0.2, 0.25) is 0 Å². The minimum atomic E-state index is -0.321. The van der Waals surface area contributed by atoms with Gasteiger partial charge < -0.3 is 9.72 Å². The summed E-state index contributed by atoms with van der Waals surface area (Å²) in [6, 6.07) is 0. The number of hydrogen-bond donors (Lipinski definition) is 1. The summed E-state index contributed by atoms with van der Waals surface area (Å²) < 4.78 is 4.96. The number of aryl methyl sites for hydroxylation is 1. The van der Waals surface area contributed by atoms with Crippen LogP contribution in [0.2, 0.25) is 0 Å². The van der Waals surface area contributed by atoms with Crippen molar-refractivity contribution in [2.75, 3.05) is 6.61 Å².